The summed E-state index contributed by atoms with van der Waals surface area (Å²) in [6.07, 6.45) is 0.940. The smallest absolute Gasteiger partial charge is 0.307 e. The minimum absolute atomic E-state index is 0.0807. The molecule has 5 nitrogen and oxygen atoms in total. The molecule has 0 saturated carbocycles. The van der Waals surface area contributed by atoms with Crippen LogP contribution in [0.3, 0.4) is 0 Å². The number of carbonyl (C=O) groups excluding carboxylic acids is 1. The highest BCUT2D eigenvalue weighted by Gasteiger charge is 2.39. The van der Waals surface area contributed by atoms with Crippen molar-refractivity contribution in [3.63, 3.8) is 0 Å². The molecule has 0 aromatic heterocycles. The van der Waals surface area contributed by atoms with Crippen molar-refractivity contribution in [2.24, 2.45) is 11.8 Å². The SMILES string of the molecule is CC1=C(C)CC(C(=O)N2CCN(Cc3c(F)cccc3Cl)CC2)C(C(=O)O)C1. The van der Waals surface area contributed by atoms with Gasteiger partial charge in [-0.15, -0.1) is 0 Å². The van der Waals surface area contributed by atoms with E-state index in [2.05, 4.69) is 4.90 Å². The molecule has 28 heavy (non-hydrogen) atoms. The molecule has 1 aliphatic carbocycles. The number of benzene rings is 1. The second-order valence-corrected chi connectivity index (χ2v) is 8.23. The van der Waals surface area contributed by atoms with Gasteiger partial charge in [-0.3, -0.25) is 14.5 Å². The Morgan fingerprint density at radius 2 is 1.71 bits per heavy atom. The third kappa shape index (κ3) is 4.39. The molecule has 1 heterocycles. The third-order valence-electron chi connectivity index (χ3n) is 6.03. The normalized spacial score (nSPS) is 23.8. The van der Waals surface area contributed by atoms with E-state index in [9.17, 15) is 19.1 Å². The van der Waals surface area contributed by atoms with Crippen LogP contribution in [0.5, 0.6) is 0 Å². The Kier molecular flexibility index (Phi) is 6.40. The van der Waals surface area contributed by atoms with Crippen molar-refractivity contribution in [3.8, 4) is 0 Å². The van der Waals surface area contributed by atoms with Gasteiger partial charge in [0.25, 0.3) is 0 Å². The first-order valence-electron chi connectivity index (χ1n) is 9.60. The molecule has 0 spiro atoms. The van der Waals surface area contributed by atoms with Crippen LogP contribution in [-0.2, 0) is 16.1 Å². The van der Waals surface area contributed by atoms with Crippen LogP contribution >= 0.6 is 11.6 Å². The summed E-state index contributed by atoms with van der Waals surface area (Å²) in [6, 6.07) is 4.65. The number of carboxylic acid groups (broad SMARTS) is 1. The van der Waals surface area contributed by atoms with Gasteiger partial charge < -0.3 is 10.0 Å². The summed E-state index contributed by atoms with van der Waals surface area (Å²) >= 11 is 6.11. The van der Waals surface area contributed by atoms with E-state index in [1.165, 1.54) is 6.07 Å². The Morgan fingerprint density at radius 1 is 1.11 bits per heavy atom. The first kappa shape index (κ1) is 20.8. The van der Waals surface area contributed by atoms with Crippen molar-refractivity contribution in [1.29, 1.82) is 0 Å². The maximum Gasteiger partial charge on any atom is 0.307 e. The average Bonchev–Trinajstić information content (AvgIpc) is 2.66. The zero-order valence-electron chi connectivity index (χ0n) is 16.3. The summed E-state index contributed by atoms with van der Waals surface area (Å²) in [6.45, 7) is 6.55. The van der Waals surface area contributed by atoms with Crippen molar-refractivity contribution in [2.45, 2.75) is 33.2 Å². The molecule has 1 saturated heterocycles. The molecular weight excluding hydrogens is 383 g/mol. The maximum absolute atomic E-state index is 14.0. The lowest BCUT2D eigenvalue weighted by Gasteiger charge is -2.39. The fourth-order valence-electron chi connectivity index (χ4n) is 4.08. The Hall–Kier alpha value is -1.92. The zero-order valence-corrected chi connectivity index (χ0v) is 17.0. The topological polar surface area (TPSA) is 60.9 Å². The van der Waals surface area contributed by atoms with E-state index >= 15 is 0 Å². The van der Waals surface area contributed by atoms with Crippen molar-refractivity contribution in [1.82, 2.24) is 9.80 Å². The molecule has 2 unspecified atom stereocenters. The minimum atomic E-state index is -0.905. The van der Waals surface area contributed by atoms with Gasteiger partial charge in [0.05, 0.1) is 11.8 Å². The summed E-state index contributed by atoms with van der Waals surface area (Å²) in [7, 11) is 0. The van der Waals surface area contributed by atoms with E-state index in [0.717, 1.165) is 11.1 Å². The quantitative estimate of drug-likeness (QED) is 0.774. The van der Waals surface area contributed by atoms with Gasteiger partial charge in [0.15, 0.2) is 0 Å². The van der Waals surface area contributed by atoms with Crippen LogP contribution < -0.4 is 0 Å². The van der Waals surface area contributed by atoms with E-state index in [1.54, 1.807) is 17.0 Å². The molecule has 1 fully saturated rings. The van der Waals surface area contributed by atoms with Gasteiger partial charge in [0, 0.05) is 43.3 Å². The standard InChI is InChI=1S/C21H26ClFN2O3/c1-13-10-15(16(21(27)28)11-14(13)2)20(26)25-8-6-24(7-9-25)12-17-18(22)4-3-5-19(17)23/h3-5,15-16H,6-12H2,1-2H3,(H,27,28). The molecule has 152 valence electrons. The highest BCUT2D eigenvalue weighted by atomic mass is 35.5. The lowest BCUT2D eigenvalue weighted by molar-refractivity contribution is -0.151. The van der Waals surface area contributed by atoms with E-state index in [0.29, 0.717) is 56.2 Å². The highest BCUT2D eigenvalue weighted by Crippen LogP contribution is 2.35. The molecule has 2 atom stereocenters. The van der Waals surface area contributed by atoms with E-state index in [-0.39, 0.29) is 11.7 Å². The Morgan fingerprint density at radius 3 is 2.29 bits per heavy atom. The summed E-state index contributed by atoms with van der Waals surface area (Å²) < 4.78 is 14.0. The van der Waals surface area contributed by atoms with E-state index < -0.39 is 17.8 Å². The van der Waals surface area contributed by atoms with Crippen LogP contribution in [0.15, 0.2) is 29.3 Å². The Balaban J connectivity index is 1.63. The molecule has 7 heteroatoms. The molecule has 0 bridgehead atoms. The van der Waals surface area contributed by atoms with Crippen molar-refractivity contribution < 1.29 is 19.1 Å². The number of hydrogen-bond acceptors (Lipinski definition) is 3. The van der Waals surface area contributed by atoms with Gasteiger partial charge in [0.1, 0.15) is 5.82 Å². The fourth-order valence-corrected chi connectivity index (χ4v) is 4.30. The van der Waals surface area contributed by atoms with Crippen LogP contribution in [0.4, 0.5) is 4.39 Å². The predicted molar refractivity (Wildman–Crippen MR) is 105 cm³/mol. The summed E-state index contributed by atoms with van der Waals surface area (Å²) in [5, 5.41) is 9.97. The van der Waals surface area contributed by atoms with Gasteiger partial charge in [-0.1, -0.05) is 28.8 Å². The number of amides is 1. The van der Waals surface area contributed by atoms with E-state index in [4.69, 9.17) is 11.6 Å². The first-order valence-corrected chi connectivity index (χ1v) is 9.97. The molecule has 1 amide bonds. The monoisotopic (exact) mass is 408 g/mol. The molecule has 1 aliphatic heterocycles. The predicted octanol–water partition coefficient (Wildman–Crippen LogP) is 3.57. The molecule has 2 aliphatic rings. The number of piperazine rings is 1. The third-order valence-corrected chi connectivity index (χ3v) is 6.38. The summed E-state index contributed by atoms with van der Waals surface area (Å²) in [5.41, 5.74) is 2.66. The highest BCUT2D eigenvalue weighted by molar-refractivity contribution is 6.31. The summed E-state index contributed by atoms with van der Waals surface area (Å²) in [4.78, 5) is 28.5. The van der Waals surface area contributed by atoms with Gasteiger partial charge >= 0.3 is 5.97 Å². The summed E-state index contributed by atoms with van der Waals surface area (Å²) in [5.74, 6) is -2.48. The number of allylic oxidation sites excluding steroid dienone is 2. The van der Waals surface area contributed by atoms with Gasteiger partial charge in [0.2, 0.25) is 5.91 Å². The fraction of sp³-hybridized carbons (Fsp3) is 0.524. The van der Waals surface area contributed by atoms with Crippen molar-refractivity contribution >= 4 is 23.5 Å². The van der Waals surface area contributed by atoms with Crippen LogP contribution in [0.25, 0.3) is 0 Å². The average molecular weight is 409 g/mol. The van der Waals surface area contributed by atoms with Gasteiger partial charge in [-0.05, 0) is 38.8 Å². The Bertz CT molecular complexity index is 783. The van der Waals surface area contributed by atoms with Crippen LogP contribution in [0.2, 0.25) is 5.02 Å². The first-order chi connectivity index (χ1) is 13.3. The van der Waals surface area contributed by atoms with Crippen LogP contribution in [0.1, 0.15) is 32.3 Å². The second kappa shape index (κ2) is 8.62. The number of carbonyl (C=O) groups is 2. The molecular formula is C21H26ClFN2O3. The van der Waals surface area contributed by atoms with Gasteiger partial charge in [-0.25, -0.2) is 4.39 Å². The number of rotatable bonds is 4. The van der Waals surface area contributed by atoms with Crippen molar-refractivity contribution in [3.05, 3.63) is 45.7 Å². The second-order valence-electron chi connectivity index (χ2n) is 7.82. The number of halogens is 2. The maximum atomic E-state index is 14.0. The van der Waals surface area contributed by atoms with Crippen molar-refractivity contribution in [2.75, 3.05) is 26.2 Å². The molecule has 1 aromatic rings. The zero-order chi connectivity index (χ0) is 20.4. The number of aliphatic carboxylic acids is 1. The number of nitrogens with zero attached hydrogens (tertiary/aromatic N) is 2. The molecule has 1 aromatic carbocycles. The Labute approximate surface area is 169 Å². The number of hydrogen-bond donors (Lipinski definition) is 1. The largest absolute Gasteiger partial charge is 0.481 e. The minimum Gasteiger partial charge on any atom is -0.481 e. The molecule has 1 N–H and O–H groups in total. The van der Waals surface area contributed by atoms with Crippen LogP contribution in [-0.4, -0.2) is 53.0 Å². The van der Waals surface area contributed by atoms with E-state index in [1.807, 2.05) is 13.8 Å². The number of carboxylic acids is 1. The lowest BCUT2D eigenvalue weighted by atomic mass is 9.76. The molecule has 0 radical (unpaired) electrons. The van der Waals surface area contributed by atoms with Gasteiger partial charge in [-0.2, -0.15) is 0 Å². The molecule has 3 rings (SSSR count). The van der Waals surface area contributed by atoms with Crippen LogP contribution in [0, 0.1) is 17.7 Å². The lowest BCUT2D eigenvalue weighted by Crippen LogP contribution is -2.51.